The van der Waals surface area contributed by atoms with Crippen molar-refractivity contribution in [1.29, 1.82) is 0 Å². The van der Waals surface area contributed by atoms with Gasteiger partial charge in [-0.15, -0.1) is 0 Å². The van der Waals surface area contributed by atoms with Gasteiger partial charge in [0.1, 0.15) is 10.9 Å². The third-order valence-electron chi connectivity index (χ3n) is 2.42. The third-order valence-corrected chi connectivity index (χ3v) is 3.16. The summed E-state index contributed by atoms with van der Waals surface area (Å²) in [5, 5.41) is 11.5. The van der Waals surface area contributed by atoms with Crippen molar-refractivity contribution in [3.63, 3.8) is 0 Å². The number of nitrogens with zero attached hydrogens (tertiary/aromatic N) is 3. The van der Waals surface area contributed by atoms with E-state index < -0.39 is 4.92 Å². The maximum atomic E-state index is 10.7. The van der Waals surface area contributed by atoms with E-state index in [-0.39, 0.29) is 10.8 Å². The van der Waals surface area contributed by atoms with Crippen LogP contribution in [0.15, 0.2) is 29.4 Å². The van der Waals surface area contributed by atoms with Crippen molar-refractivity contribution in [3.05, 3.63) is 45.1 Å². The lowest BCUT2D eigenvalue weighted by Gasteiger charge is -2.07. The second-order valence-corrected chi connectivity index (χ2v) is 4.98. The Labute approximate surface area is 124 Å². The summed E-state index contributed by atoms with van der Waals surface area (Å²) >= 11 is 7.20. The number of hydrogen-bond donors (Lipinski definition) is 0. The molecule has 0 saturated carbocycles. The van der Waals surface area contributed by atoms with Crippen LogP contribution in [0, 0.1) is 17.0 Å². The molecule has 0 saturated heterocycles. The number of nitro benzene ring substituents is 1. The van der Waals surface area contributed by atoms with Gasteiger partial charge in [0, 0.05) is 17.7 Å². The fourth-order valence-corrected chi connectivity index (χ4v) is 2.13. The van der Waals surface area contributed by atoms with E-state index in [2.05, 4.69) is 9.97 Å². The van der Waals surface area contributed by atoms with Gasteiger partial charge >= 0.3 is 0 Å². The zero-order valence-corrected chi connectivity index (χ0v) is 12.2. The lowest BCUT2D eigenvalue weighted by molar-refractivity contribution is -0.385. The molecule has 6 nitrogen and oxygen atoms in total. The number of rotatable bonds is 4. The molecule has 1 heterocycles. The SMILES string of the molecule is CSc1nc(Cl)cc(Oc2ccc([N+](=O)[O-])c(C)c2)n1. The fraction of sp³-hybridized carbons (Fsp3) is 0.167. The Morgan fingerprint density at radius 2 is 2.10 bits per heavy atom. The average molecular weight is 312 g/mol. The lowest BCUT2D eigenvalue weighted by Crippen LogP contribution is -1.95. The molecule has 0 N–H and O–H groups in total. The first-order valence-corrected chi connectivity index (χ1v) is 7.11. The Bertz CT molecular complexity index is 666. The zero-order chi connectivity index (χ0) is 14.7. The van der Waals surface area contributed by atoms with Gasteiger partial charge in [0.15, 0.2) is 5.16 Å². The van der Waals surface area contributed by atoms with Gasteiger partial charge in [-0.05, 0) is 25.3 Å². The number of halogens is 1. The molecule has 0 radical (unpaired) electrons. The monoisotopic (exact) mass is 311 g/mol. The summed E-state index contributed by atoms with van der Waals surface area (Å²) in [6.45, 7) is 1.64. The maximum absolute atomic E-state index is 10.7. The summed E-state index contributed by atoms with van der Waals surface area (Å²) in [5.74, 6) is 0.748. The van der Waals surface area contributed by atoms with Gasteiger partial charge in [0.25, 0.3) is 5.69 Å². The summed E-state index contributed by atoms with van der Waals surface area (Å²) in [5.41, 5.74) is 0.556. The normalized spacial score (nSPS) is 10.3. The molecule has 0 amide bonds. The van der Waals surface area contributed by atoms with E-state index in [1.807, 2.05) is 6.26 Å². The van der Waals surface area contributed by atoms with Crippen LogP contribution in [0.3, 0.4) is 0 Å². The van der Waals surface area contributed by atoms with Crippen molar-refractivity contribution in [1.82, 2.24) is 9.97 Å². The van der Waals surface area contributed by atoms with Crippen LogP contribution >= 0.6 is 23.4 Å². The quantitative estimate of drug-likeness (QED) is 0.280. The highest BCUT2D eigenvalue weighted by atomic mass is 35.5. The summed E-state index contributed by atoms with van der Waals surface area (Å²) in [4.78, 5) is 18.4. The highest BCUT2D eigenvalue weighted by Gasteiger charge is 2.12. The Hall–Kier alpha value is -1.86. The van der Waals surface area contributed by atoms with Crippen molar-refractivity contribution in [3.8, 4) is 11.6 Å². The first-order valence-electron chi connectivity index (χ1n) is 5.51. The minimum atomic E-state index is -0.438. The van der Waals surface area contributed by atoms with E-state index in [0.29, 0.717) is 22.3 Å². The third kappa shape index (κ3) is 3.37. The summed E-state index contributed by atoms with van der Waals surface area (Å²) in [7, 11) is 0. The molecular weight excluding hydrogens is 302 g/mol. The molecule has 0 fully saturated rings. The van der Waals surface area contributed by atoms with Crippen molar-refractivity contribution in [2.24, 2.45) is 0 Å². The van der Waals surface area contributed by atoms with Gasteiger partial charge in [-0.3, -0.25) is 10.1 Å². The molecule has 0 aliphatic carbocycles. The van der Waals surface area contributed by atoms with Crippen LogP contribution in [-0.2, 0) is 0 Å². The van der Waals surface area contributed by atoms with Crippen LogP contribution < -0.4 is 4.74 Å². The maximum Gasteiger partial charge on any atom is 0.272 e. The molecule has 0 aliphatic heterocycles. The van der Waals surface area contributed by atoms with Crippen LogP contribution in [-0.4, -0.2) is 21.1 Å². The van der Waals surface area contributed by atoms with Gasteiger partial charge in [-0.2, -0.15) is 4.98 Å². The molecule has 1 aromatic heterocycles. The number of aromatic nitrogens is 2. The highest BCUT2D eigenvalue weighted by molar-refractivity contribution is 7.98. The second-order valence-electron chi connectivity index (χ2n) is 3.82. The molecule has 0 bridgehead atoms. The molecule has 0 aliphatic rings. The van der Waals surface area contributed by atoms with Gasteiger partial charge in [0.2, 0.25) is 5.88 Å². The first-order chi connectivity index (χ1) is 9.49. The van der Waals surface area contributed by atoms with Crippen molar-refractivity contribution in [2.45, 2.75) is 12.1 Å². The summed E-state index contributed by atoms with van der Waals surface area (Å²) < 4.78 is 5.55. The molecule has 8 heteroatoms. The molecular formula is C12H10ClN3O3S. The zero-order valence-electron chi connectivity index (χ0n) is 10.7. The lowest BCUT2D eigenvalue weighted by atomic mass is 10.2. The Balaban J connectivity index is 2.28. The molecule has 2 rings (SSSR count). The number of benzene rings is 1. The van der Waals surface area contributed by atoms with E-state index in [9.17, 15) is 10.1 Å². The molecule has 1 aromatic carbocycles. The molecule has 104 valence electrons. The predicted molar refractivity (Wildman–Crippen MR) is 76.7 cm³/mol. The molecule has 20 heavy (non-hydrogen) atoms. The van der Waals surface area contributed by atoms with Gasteiger partial charge < -0.3 is 4.74 Å². The number of hydrogen-bond acceptors (Lipinski definition) is 6. The van der Waals surface area contributed by atoms with E-state index in [4.69, 9.17) is 16.3 Å². The van der Waals surface area contributed by atoms with Crippen LogP contribution in [0.25, 0.3) is 0 Å². The Morgan fingerprint density at radius 1 is 1.35 bits per heavy atom. The van der Waals surface area contributed by atoms with E-state index >= 15 is 0 Å². The molecule has 0 atom stereocenters. The minimum Gasteiger partial charge on any atom is -0.439 e. The standard InChI is InChI=1S/C12H10ClN3O3S/c1-7-5-8(3-4-9(7)16(17)18)19-11-6-10(13)14-12(15-11)20-2/h3-6H,1-2H3. The van der Waals surface area contributed by atoms with Crippen molar-refractivity contribution < 1.29 is 9.66 Å². The van der Waals surface area contributed by atoms with Crippen LogP contribution in [0.1, 0.15) is 5.56 Å². The van der Waals surface area contributed by atoms with Crippen molar-refractivity contribution >= 4 is 29.1 Å². The largest absolute Gasteiger partial charge is 0.439 e. The summed E-state index contributed by atoms with van der Waals surface area (Å²) in [6, 6.07) is 5.97. The highest BCUT2D eigenvalue weighted by Crippen LogP contribution is 2.28. The minimum absolute atomic E-state index is 0.0443. The van der Waals surface area contributed by atoms with Crippen LogP contribution in [0.2, 0.25) is 5.15 Å². The average Bonchev–Trinajstić information content (AvgIpc) is 2.37. The molecule has 0 unspecified atom stereocenters. The second kappa shape index (κ2) is 6.06. The van der Waals surface area contributed by atoms with E-state index in [1.54, 1.807) is 13.0 Å². The fourth-order valence-electron chi connectivity index (χ4n) is 1.54. The number of ether oxygens (including phenoxy) is 1. The number of thioether (sulfide) groups is 1. The predicted octanol–water partition coefficient (Wildman–Crippen LogP) is 3.86. The van der Waals surface area contributed by atoms with Gasteiger partial charge in [0.05, 0.1) is 4.92 Å². The number of nitro groups is 1. The molecule has 2 aromatic rings. The van der Waals surface area contributed by atoms with Crippen LogP contribution in [0.4, 0.5) is 5.69 Å². The van der Waals surface area contributed by atoms with Gasteiger partial charge in [-0.25, -0.2) is 4.98 Å². The molecule has 0 spiro atoms. The number of aryl methyl sites for hydroxylation is 1. The first kappa shape index (κ1) is 14.5. The van der Waals surface area contributed by atoms with E-state index in [1.165, 1.54) is 30.0 Å². The van der Waals surface area contributed by atoms with Crippen LogP contribution in [0.5, 0.6) is 11.6 Å². The Kier molecular flexibility index (Phi) is 4.41. The van der Waals surface area contributed by atoms with Crippen molar-refractivity contribution in [2.75, 3.05) is 6.26 Å². The van der Waals surface area contributed by atoms with E-state index in [0.717, 1.165) is 0 Å². The summed E-state index contributed by atoms with van der Waals surface area (Å²) in [6.07, 6.45) is 1.82. The topological polar surface area (TPSA) is 78.2 Å². The smallest absolute Gasteiger partial charge is 0.272 e. The van der Waals surface area contributed by atoms with Gasteiger partial charge in [-0.1, -0.05) is 23.4 Å². The Morgan fingerprint density at radius 3 is 2.70 bits per heavy atom.